The van der Waals surface area contributed by atoms with E-state index >= 15 is 0 Å². The Balaban J connectivity index is 3.79. The molecule has 0 aliphatic rings. The summed E-state index contributed by atoms with van der Waals surface area (Å²) in [6.07, 6.45) is 2.72. The molecule has 0 bridgehead atoms. The number of carbonyl (C=O) groups is 1. The average molecular weight is 207 g/mol. The van der Waals surface area contributed by atoms with Crippen LogP contribution in [0.5, 0.6) is 0 Å². The Hall–Kier alpha value is -0.260. The van der Waals surface area contributed by atoms with E-state index in [1.165, 1.54) is 7.11 Å². The molecule has 0 aliphatic heterocycles. The SMILES string of the molecule is COC(=O)C(CCSC)NCCO. The van der Waals surface area contributed by atoms with Gasteiger partial charge in [0.05, 0.1) is 13.7 Å². The maximum Gasteiger partial charge on any atom is 0.322 e. The fourth-order valence-corrected chi connectivity index (χ4v) is 1.39. The van der Waals surface area contributed by atoms with Crippen LogP contribution in [0.3, 0.4) is 0 Å². The lowest BCUT2D eigenvalue weighted by Gasteiger charge is -2.14. The molecular weight excluding hydrogens is 190 g/mol. The van der Waals surface area contributed by atoms with E-state index in [2.05, 4.69) is 10.1 Å². The highest BCUT2D eigenvalue weighted by Crippen LogP contribution is 2.01. The number of aliphatic hydroxyl groups excluding tert-OH is 1. The van der Waals surface area contributed by atoms with Crippen LogP contribution in [0.4, 0.5) is 0 Å². The normalized spacial score (nSPS) is 12.5. The van der Waals surface area contributed by atoms with Gasteiger partial charge in [-0.3, -0.25) is 4.79 Å². The van der Waals surface area contributed by atoms with E-state index < -0.39 is 0 Å². The monoisotopic (exact) mass is 207 g/mol. The number of esters is 1. The molecule has 0 aromatic heterocycles. The van der Waals surface area contributed by atoms with Crippen molar-refractivity contribution in [1.82, 2.24) is 5.32 Å². The molecule has 4 nitrogen and oxygen atoms in total. The van der Waals surface area contributed by atoms with E-state index in [0.717, 1.165) is 12.2 Å². The topological polar surface area (TPSA) is 58.6 Å². The zero-order valence-corrected chi connectivity index (χ0v) is 8.89. The van der Waals surface area contributed by atoms with Crippen LogP contribution in [0, 0.1) is 0 Å². The van der Waals surface area contributed by atoms with Crippen LogP contribution < -0.4 is 5.32 Å². The van der Waals surface area contributed by atoms with Crippen molar-refractivity contribution in [2.45, 2.75) is 12.5 Å². The van der Waals surface area contributed by atoms with Crippen molar-refractivity contribution in [3.63, 3.8) is 0 Å². The highest BCUT2D eigenvalue weighted by molar-refractivity contribution is 7.98. The molecule has 0 heterocycles. The number of nitrogens with one attached hydrogen (secondary N) is 1. The number of ether oxygens (including phenoxy) is 1. The quantitative estimate of drug-likeness (QED) is 0.569. The van der Waals surface area contributed by atoms with Crippen LogP contribution in [-0.4, -0.2) is 49.4 Å². The van der Waals surface area contributed by atoms with Gasteiger partial charge in [-0.2, -0.15) is 11.8 Å². The van der Waals surface area contributed by atoms with Crippen LogP contribution in [0.15, 0.2) is 0 Å². The van der Waals surface area contributed by atoms with Crippen molar-refractivity contribution < 1.29 is 14.6 Å². The molecule has 1 atom stereocenters. The van der Waals surface area contributed by atoms with Crippen LogP contribution in [0.25, 0.3) is 0 Å². The molecule has 0 amide bonds. The van der Waals surface area contributed by atoms with E-state index in [4.69, 9.17) is 5.11 Å². The summed E-state index contributed by atoms with van der Waals surface area (Å²) >= 11 is 1.68. The van der Waals surface area contributed by atoms with Crippen LogP contribution in [0.2, 0.25) is 0 Å². The first-order valence-electron chi connectivity index (χ1n) is 4.17. The highest BCUT2D eigenvalue weighted by atomic mass is 32.2. The summed E-state index contributed by atoms with van der Waals surface area (Å²) in [7, 11) is 1.37. The second kappa shape index (κ2) is 8.34. The Morgan fingerprint density at radius 3 is 2.85 bits per heavy atom. The molecule has 0 fully saturated rings. The molecule has 1 unspecified atom stereocenters. The van der Waals surface area contributed by atoms with Crippen molar-refractivity contribution in [3.8, 4) is 0 Å². The van der Waals surface area contributed by atoms with Gasteiger partial charge >= 0.3 is 5.97 Å². The number of methoxy groups -OCH3 is 1. The highest BCUT2D eigenvalue weighted by Gasteiger charge is 2.16. The molecule has 5 heteroatoms. The summed E-state index contributed by atoms with van der Waals surface area (Å²) in [6, 6.07) is -0.287. The predicted molar refractivity (Wildman–Crippen MR) is 53.9 cm³/mol. The molecule has 0 radical (unpaired) electrons. The van der Waals surface area contributed by atoms with Crippen molar-refractivity contribution in [1.29, 1.82) is 0 Å². The fourth-order valence-electron chi connectivity index (χ4n) is 0.920. The van der Waals surface area contributed by atoms with Crippen molar-refractivity contribution in [2.24, 2.45) is 0 Å². The third-order valence-corrected chi connectivity index (χ3v) is 2.24. The van der Waals surface area contributed by atoms with E-state index in [1.807, 2.05) is 6.26 Å². The number of carbonyl (C=O) groups excluding carboxylic acids is 1. The van der Waals surface area contributed by atoms with Gasteiger partial charge in [-0.1, -0.05) is 0 Å². The molecule has 0 aromatic carbocycles. The first-order valence-corrected chi connectivity index (χ1v) is 5.56. The van der Waals surface area contributed by atoms with E-state index in [9.17, 15) is 4.79 Å². The summed E-state index contributed by atoms with van der Waals surface area (Å²) in [5.74, 6) is 0.639. The number of hydrogen-bond acceptors (Lipinski definition) is 5. The Morgan fingerprint density at radius 2 is 2.38 bits per heavy atom. The Morgan fingerprint density at radius 1 is 1.69 bits per heavy atom. The average Bonchev–Trinajstić information content (AvgIpc) is 2.17. The summed E-state index contributed by atoms with van der Waals surface area (Å²) in [5.41, 5.74) is 0. The summed E-state index contributed by atoms with van der Waals surface area (Å²) in [6.45, 7) is 0.459. The standard InChI is InChI=1S/C8H17NO3S/c1-12-8(11)7(3-6-13-2)9-4-5-10/h7,9-10H,3-6H2,1-2H3. The minimum Gasteiger partial charge on any atom is -0.468 e. The smallest absolute Gasteiger partial charge is 0.322 e. The minimum absolute atomic E-state index is 0.0345. The summed E-state index contributed by atoms with van der Waals surface area (Å²) < 4.78 is 4.61. The third-order valence-electron chi connectivity index (χ3n) is 1.60. The zero-order valence-electron chi connectivity index (χ0n) is 8.08. The zero-order chi connectivity index (χ0) is 10.1. The van der Waals surface area contributed by atoms with Crippen molar-refractivity contribution >= 4 is 17.7 Å². The second-order valence-corrected chi connectivity index (χ2v) is 3.52. The van der Waals surface area contributed by atoms with E-state index in [1.54, 1.807) is 11.8 Å². The van der Waals surface area contributed by atoms with E-state index in [-0.39, 0.29) is 18.6 Å². The number of thioether (sulfide) groups is 1. The minimum atomic E-state index is -0.287. The lowest BCUT2D eigenvalue weighted by atomic mass is 10.2. The van der Waals surface area contributed by atoms with E-state index in [0.29, 0.717) is 6.54 Å². The van der Waals surface area contributed by atoms with Crippen molar-refractivity contribution in [2.75, 3.05) is 32.3 Å². The molecule has 0 aromatic rings. The predicted octanol–water partition coefficient (Wildman–Crippen LogP) is -0.137. The largest absolute Gasteiger partial charge is 0.468 e. The summed E-state index contributed by atoms with van der Waals surface area (Å²) in [4.78, 5) is 11.1. The molecule has 0 spiro atoms. The molecule has 0 aliphatic carbocycles. The van der Waals surface area contributed by atoms with Crippen LogP contribution in [-0.2, 0) is 9.53 Å². The molecule has 0 saturated carbocycles. The maximum atomic E-state index is 11.1. The van der Waals surface area contributed by atoms with Gasteiger partial charge in [-0.05, 0) is 18.4 Å². The van der Waals surface area contributed by atoms with Crippen molar-refractivity contribution in [3.05, 3.63) is 0 Å². The molecule has 2 N–H and O–H groups in total. The Bertz CT molecular complexity index is 135. The molecular formula is C8H17NO3S. The first kappa shape index (κ1) is 12.7. The number of aliphatic hydroxyl groups is 1. The summed E-state index contributed by atoms with van der Waals surface area (Å²) in [5, 5.41) is 11.5. The molecule has 0 saturated heterocycles. The Labute approximate surface area is 83.0 Å². The fraction of sp³-hybridized carbons (Fsp3) is 0.875. The molecule has 78 valence electrons. The number of rotatable bonds is 7. The van der Waals surface area contributed by atoms with Gasteiger partial charge in [-0.25, -0.2) is 0 Å². The van der Waals surface area contributed by atoms with Gasteiger partial charge < -0.3 is 15.2 Å². The Kier molecular flexibility index (Phi) is 8.18. The first-order chi connectivity index (χ1) is 6.26. The van der Waals surface area contributed by atoms with Gasteiger partial charge in [-0.15, -0.1) is 0 Å². The van der Waals surface area contributed by atoms with Gasteiger partial charge in [0.15, 0.2) is 0 Å². The van der Waals surface area contributed by atoms with Gasteiger partial charge in [0.1, 0.15) is 6.04 Å². The molecule has 13 heavy (non-hydrogen) atoms. The van der Waals surface area contributed by atoms with Gasteiger partial charge in [0, 0.05) is 6.54 Å². The van der Waals surface area contributed by atoms with Crippen LogP contribution in [0.1, 0.15) is 6.42 Å². The second-order valence-electron chi connectivity index (χ2n) is 2.53. The molecule has 0 rings (SSSR count). The third kappa shape index (κ3) is 5.90. The van der Waals surface area contributed by atoms with Gasteiger partial charge in [0.2, 0.25) is 0 Å². The lowest BCUT2D eigenvalue weighted by Crippen LogP contribution is -2.39. The van der Waals surface area contributed by atoms with Gasteiger partial charge in [0.25, 0.3) is 0 Å². The maximum absolute atomic E-state index is 11.1. The number of hydrogen-bond donors (Lipinski definition) is 2. The van der Waals surface area contributed by atoms with Crippen LogP contribution >= 0.6 is 11.8 Å². The lowest BCUT2D eigenvalue weighted by molar-refractivity contribution is -0.143.